The Hall–Kier alpha value is -2.76. The van der Waals surface area contributed by atoms with Crippen molar-refractivity contribution >= 4 is 11.9 Å². The Balaban J connectivity index is 1.81. The lowest BCUT2D eigenvalue weighted by Crippen LogP contribution is -2.36. The van der Waals surface area contributed by atoms with E-state index >= 15 is 0 Å². The lowest BCUT2D eigenvalue weighted by Gasteiger charge is -2.28. The van der Waals surface area contributed by atoms with E-state index in [-0.39, 0.29) is 18.2 Å². The number of aromatic carboxylic acids is 1. The average molecular weight is 301 g/mol. The molecule has 6 nitrogen and oxygen atoms in total. The van der Waals surface area contributed by atoms with Gasteiger partial charge in [0.2, 0.25) is 5.76 Å². The van der Waals surface area contributed by atoms with E-state index in [4.69, 9.17) is 14.3 Å². The standard InChI is InChI=1S/C16H15NO5/c1-21-11-3-2-10-6-7-17(15(18)13(10)8-11)9-12-4-5-14(22-12)16(19)20/h2-5,8H,6-7,9H2,1H3,(H,19,20). The Morgan fingerprint density at radius 3 is 2.86 bits per heavy atom. The Labute approximate surface area is 126 Å². The third kappa shape index (κ3) is 2.55. The third-order valence-corrected chi connectivity index (χ3v) is 3.70. The van der Waals surface area contributed by atoms with E-state index in [0.29, 0.717) is 23.6 Å². The van der Waals surface area contributed by atoms with Crippen molar-refractivity contribution in [2.75, 3.05) is 13.7 Å². The zero-order valence-corrected chi connectivity index (χ0v) is 12.0. The van der Waals surface area contributed by atoms with Crippen LogP contribution in [0.4, 0.5) is 0 Å². The van der Waals surface area contributed by atoms with Crippen molar-refractivity contribution in [3.63, 3.8) is 0 Å². The second-order valence-corrected chi connectivity index (χ2v) is 5.07. The van der Waals surface area contributed by atoms with Gasteiger partial charge in [0, 0.05) is 12.1 Å². The number of hydrogen-bond donors (Lipinski definition) is 1. The lowest BCUT2D eigenvalue weighted by atomic mass is 9.98. The van der Waals surface area contributed by atoms with Gasteiger partial charge >= 0.3 is 5.97 Å². The fourth-order valence-electron chi connectivity index (χ4n) is 2.54. The van der Waals surface area contributed by atoms with Gasteiger partial charge in [0.05, 0.1) is 13.7 Å². The van der Waals surface area contributed by atoms with Gasteiger partial charge in [-0.15, -0.1) is 0 Å². The summed E-state index contributed by atoms with van der Waals surface area (Å²) in [6, 6.07) is 8.45. The van der Waals surface area contributed by atoms with Crippen LogP contribution in [0.1, 0.15) is 32.2 Å². The summed E-state index contributed by atoms with van der Waals surface area (Å²) in [4.78, 5) is 25.0. The zero-order valence-electron chi connectivity index (χ0n) is 12.0. The number of rotatable bonds is 4. The summed E-state index contributed by atoms with van der Waals surface area (Å²) in [5.74, 6) is -0.251. The Morgan fingerprint density at radius 1 is 1.36 bits per heavy atom. The van der Waals surface area contributed by atoms with Crippen LogP contribution in [-0.2, 0) is 13.0 Å². The van der Waals surface area contributed by atoms with Gasteiger partial charge < -0.3 is 19.2 Å². The molecule has 114 valence electrons. The average Bonchev–Trinajstić information content (AvgIpc) is 2.99. The second-order valence-electron chi connectivity index (χ2n) is 5.07. The fraction of sp³-hybridized carbons (Fsp3) is 0.250. The minimum absolute atomic E-state index is 0.103. The molecule has 0 unspecified atom stereocenters. The van der Waals surface area contributed by atoms with Crippen LogP contribution >= 0.6 is 0 Å². The summed E-state index contributed by atoms with van der Waals surface area (Å²) >= 11 is 0. The van der Waals surface area contributed by atoms with Gasteiger partial charge in [0.15, 0.2) is 0 Å². The monoisotopic (exact) mass is 301 g/mol. The van der Waals surface area contributed by atoms with Crippen molar-refractivity contribution in [3.05, 3.63) is 53.0 Å². The largest absolute Gasteiger partial charge is 0.497 e. The van der Waals surface area contributed by atoms with E-state index in [9.17, 15) is 9.59 Å². The number of amides is 1. The molecule has 0 radical (unpaired) electrons. The Kier molecular flexibility index (Phi) is 3.58. The van der Waals surface area contributed by atoms with Crippen molar-refractivity contribution in [2.45, 2.75) is 13.0 Å². The van der Waals surface area contributed by atoms with Crippen LogP contribution in [0.15, 0.2) is 34.7 Å². The van der Waals surface area contributed by atoms with Gasteiger partial charge in [-0.3, -0.25) is 4.79 Å². The molecule has 6 heteroatoms. The van der Waals surface area contributed by atoms with Gasteiger partial charge in [-0.25, -0.2) is 4.79 Å². The maximum Gasteiger partial charge on any atom is 0.371 e. The topological polar surface area (TPSA) is 80.0 Å². The number of furan rings is 1. The van der Waals surface area contributed by atoms with Crippen molar-refractivity contribution in [3.8, 4) is 5.75 Å². The van der Waals surface area contributed by atoms with E-state index < -0.39 is 5.97 Å². The van der Waals surface area contributed by atoms with E-state index in [1.807, 2.05) is 12.1 Å². The van der Waals surface area contributed by atoms with Crippen LogP contribution in [0.3, 0.4) is 0 Å². The molecule has 1 N–H and O–H groups in total. The SMILES string of the molecule is COc1ccc2c(c1)C(=O)N(Cc1ccc(C(=O)O)o1)CC2. The molecule has 0 spiro atoms. The number of benzene rings is 1. The van der Waals surface area contributed by atoms with Gasteiger partial charge in [0.1, 0.15) is 11.5 Å². The van der Waals surface area contributed by atoms with E-state index in [1.165, 1.54) is 6.07 Å². The molecule has 1 aliphatic rings. The molecule has 0 saturated carbocycles. The molecule has 0 aliphatic carbocycles. The predicted molar refractivity (Wildman–Crippen MR) is 77.1 cm³/mol. The summed E-state index contributed by atoms with van der Waals surface area (Å²) in [6.45, 7) is 0.823. The van der Waals surface area contributed by atoms with Gasteiger partial charge in [-0.1, -0.05) is 6.07 Å². The van der Waals surface area contributed by atoms with Gasteiger partial charge in [0.25, 0.3) is 5.91 Å². The van der Waals surface area contributed by atoms with Crippen molar-refractivity contribution in [1.82, 2.24) is 4.90 Å². The first-order chi connectivity index (χ1) is 10.6. The zero-order chi connectivity index (χ0) is 15.7. The molecular formula is C16H15NO5. The smallest absolute Gasteiger partial charge is 0.371 e. The Morgan fingerprint density at radius 2 is 2.18 bits per heavy atom. The molecule has 0 bridgehead atoms. The lowest BCUT2D eigenvalue weighted by molar-refractivity contribution is 0.0655. The highest BCUT2D eigenvalue weighted by molar-refractivity contribution is 5.97. The number of carboxylic acids is 1. The van der Waals surface area contributed by atoms with Crippen LogP contribution < -0.4 is 4.74 Å². The van der Waals surface area contributed by atoms with Crippen LogP contribution in [0.2, 0.25) is 0 Å². The van der Waals surface area contributed by atoms with Crippen LogP contribution in [-0.4, -0.2) is 35.5 Å². The van der Waals surface area contributed by atoms with Crippen LogP contribution in [0, 0.1) is 0 Å². The summed E-state index contributed by atoms with van der Waals surface area (Å²) in [6.07, 6.45) is 0.748. The highest BCUT2D eigenvalue weighted by Gasteiger charge is 2.25. The number of methoxy groups -OCH3 is 1. The van der Waals surface area contributed by atoms with Crippen LogP contribution in [0.25, 0.3) is 0 Å². The van der Waals surface area contributed by atoms with Crippen molar-refractivity contribution < 1.29 is 23.8 Å². The molecule has 1 amide bonds. The van der Waals surface area contributed by atoms with Crippen LogP contribution in [0.5, 0.6) is 5.75 Å². The molecule has 22 heavy (non-hydrogen) atoms. The fourth-order valence-corrected chi connectivity index (χ4v) is 2.54. The number of carbonyl (C=O) groups is 2. The molecule has 0 fully saturated rings. The first-order valence-corrected chi connectivity index (χ1v) is 6.86. The molecule has 1 aromatic heterocycles. The number of hydrogen-bond acceptors (Lipinski definition) is 4. The number of fused-ring (bicyclic) bond motifs is 1. The van der Waals surface area contributed by atoms with Gasteiger partial charge in [-0.2, -0.15) is 0 Å². The minimum Gasteiger partial charge on any atom is -0.497 e. The molecule has 0 atom stereocenters. The summed E-state index contributed by atoms with van der Waals surface area (Å²) in [5.41, 5.74) is 1.61. The maximum absolute atomic E-state index is 12.5. The van der Waals surface area contributed by atoms with E-state index in [2.05, 4.69) is 0 Å². The van der Waals surface area contributed by atoms with E-state index in [0.717, 1.165) is 12.0 Å². The highest BCUT2D eigenvalue weighted by Crippen LogP contribution is 2.25. The number of nitrogens with zero attached hydrogens (tertiary/aromatic N) is 1. The normalized spacial score (nSPS) is 13.9. The quantitative estimate of drug-likeness (QED) is 0.936. The summed E-state index contributed by atoms with van der Waals surface area (Å²) in [5, 5.41) is 8.86. The minimum atomic E-state index is -1.12. The molecule has 1 aromatic carbocycles. The number of ether oxygens (including phenoxy) is 1. The highest BCUT2D eigenvalue weighted by atomic mass is 16.5. The maximum atomic E-state index is 12.5. The molecule has 2 heterocycles. The van der Waals surface area contributed by atoms with Crippen molar-refractivity contribution in [2.24, 2.45) is 0 Å². The number of carbonyl (C=O) groups excluding carboxylic acids is 1. The molecule has 3 rings (SSSR count). The first kappa shape index (κ1) is 14.2. The number of carboxylic acid groups (broad SMARTS) is 1. The van der Waals surface area contributed by atoms with E-state index in [1.54, 1.807) is 24.1 Å². The molecule has 2 aromatic rings. The molecule has 0 saturated heterocycles. The molecular weight excluding hydrogens is 286 g/mol. The Bertz CT molecular complexity index is 734. The summed E-state index contributed by atoms with van der Waals surface area (Å²) in [7, 11) is 1.56. The molecule has 1 aliphatic heterocycles. The van der Waals surface area contributed by atoms with Crippen molar-refractivity contribution in [1.29, 1.82) is 0 Å². The predicted octanol–water partition coefficient (Wildman–Crippen LogP) is 2.18. The van der Waals surface area contributed by atoms with Gasteiger partial charge in [-0.05, 0) is 36.2 Å². The summed E-state index contributed by atoms with van der Waals surface area (Å²) < 4.78 is 10.4. The first-order valence-electron chi connectivity index (χ1n) is 6.86. The second kappa shape index (κ2) is 5.55. The third-order valence-electron chi connectivity index (χ3n) is 3.70.